The molecule has 5 rings (SSSR count). The summed E-state index contributed by atoms with van der Waals surface area (Å²) in [4.78, 5) is 26.8. The zero-order chi connectivity index (χ0) is 23.5. The molecular weight excluding hydrogens is 430 g/mol. The average molecular weight is 458 g/mol. The van der Waals surface area contributed by atoms with Gasteiger partial charge in [0.25, 0.3) is 0 Å². The highest BCUT2D eigenvalue weighted by atomic mass is 16.6. The van der Waals surface area contributed by atoms with E-state index in [9.17, 15) is 14.7 Å². The molecule has 0 saturated carbocycles. The molecule has 0 spiro atoms. The van der Waals surface area contributed by atoms with E-state index in [1.54, 1.807) is 0 Å². The number of rotatable bonds is 6. The second-order valence-electron chi connectivity index (χ2n) is 8.85. The van der Waals surface area contributed by atoms with Crippen molar-refractivity contribution in [2.75, 3.05) is 13.2 Å². The Hall–Kier alpha value is -3.64. The Balaban J connectivity index is 1.20. The summed E-state index contributed by atoms with van der Waals surface area (Å²) in [6.07, 6.45) is -0.870. The molecular formula is C28H27NO5. The molecule has 34 heavy (non-hydrogen) atoms. The number of hydrogen-bond donors (Lipinski definition) is 1. The van der Waals surface area contributed by atoms with E-state index in [1.165, 1.54) is 16.0 Å². The van der Waals surface area contributed by atoms with Gasteiger partial charge < -0.3 is 19.5 Å². The van der Waals surface area contributed by atoms with Gasteiger partial charge >= 0.3 is 12.1 Å². The maximum atomic E-state index is 12.8. The van der Waals surface area contributed by atoms with Gasteiger partial charge in [0, 0.05) is 12.0 Å². The highest BCUT2D eigenvalue weighted by Gasteiger charge is 2.37. The van der Waals surface area contributed by atoms with Crippen LogP contribution in [0.25, 0.3) is 11.1 Å². The first-order valence-electron chi connectivity index (χ1n) is 11.6. The second kappa shape index (κ2) is 9.69. The van der Waals surface area contributed by atoms with Gasteiger partial charge in [0.15, 0.2) is 0 Å². The Kier molecular flexibility index (Phi) is 6.32. The van der Waals surface area contributed by atoms with Gasteiger partial charge in [-0.2, -0.15) is 0 Å². The van der Waals surface area contributed by atoms with Crippen molar-refractivity contribution in [3.8, 4) is 11.1 Å². The molecule has 0 aromatic heterocycles. The summed E-state index contributed by atoms with van der Waals surface area (Å²) in [5, 5.41) is 10.1. The molecule has 3 aromatic rings. The Morgan fingerprint density at radius 3 is 2.15 bits per heavy atom. The molecule has 6 nitrogen and oxygen atoms in total. The quantitative estimate of drug-likeness (QED) is 0.552. The van der Waals surface area contributed by atoms with Crippen LogP contribution in [0.15, 0.2) is 78.9 Å². The molecule has 6 heteroatoms. The fourth-order valence-corrected chi connectivity index (χ4v) is 4.98. The van der Waals surface area contributed by atoms with E-state index in [0.29, 0.717) is 6.42 Å². The molecule has 1 fully saturated rings. The Labute approximate surface area is 198 Å². The van der Waals surface area contributed by atoms with E-state index in [0.717, 1.165) is 16.7 Å². The van der Waals surface area contributed by atoms with Gasteiger partial charge in [-0.05, 0) is 34.2 Å². The summed E-state index contributed by atoms with van der Waals surface area (Å²) in [6, 6.07) is 25.3. The summed E-state index contributed by atoms with van der Waals surface area (Å²) < 4.78 is 11.1. The predicted octanol–water partition coefficient (Wildman–Crippen LogP) is 4.50. The summed E-state index contributed by atoms with van der Waals surface area (Å²) in [5.74, 6) is -0.403. The van der Waals surface area contributed by atoms with E-state index in [1.807, 2.05) is 54.6 Å². The molecule has 1 heterocycles. The molecule has 2 aliphatic rings. The van der Waals surface area contributed by atoms with Crippen molar-refractivity contribution in [2.45, 2.75) is 37.5 Å². The Bertz CT molecular complexity index is 1130. The molecule has 2 atom stereocenters. The number of aliphatic hydroxyl groups excluding tert-OH is 1. The van der Waals surface area contributed by atoms with Crippen molar-refractivity contribution in [3.05, 3.63) is 95.6 Å². The topological polar surface area (TPSA) is 76.1 Å². The van der Waals surface area contributed by atoms with Gasteiger partial charge in [-0.25, -0.2) is 4.79 Å². The molecule has 1 N–H and O–H groups in total. The van der Waals surface area contributed by atoms with Crippen LogP contribution in [0.5, 0.6) is 0 Å². The molecule has 1 aliphatic carbocycles. The number of fused-ring (bicyclic) bond motifs is 3. The van der Waals surface area contributed by atoms with E-state index < -0.39 is 18.2 Å². The Morgan fingerprint density at radius 2 is 1.47 bits per heavy atom. The summed E-state index contributed by atoms with van der Waals surface area (Å²) in [6.45, 7) is 0.527. The van der Waals surface area contributed by atoms with Crippen molar-refractivity contribution in [1.82, 2.24) is 4.90 Å². The third-order valence-electron chi connectivity index (χ3n) is 6.61. The van der Waals surface area contributed by atoms with E-state index in [4.69, 9.17) is 9.47 Å². The molecule has 0 radical (unpaired) electrons. The van der Waals surface area contributed by atoms with Crippen molar-refractivity contribution in [3.63, 3.8) is 0 Å². The van der Waals surface area contributed by atoms with Crippen LogP contribution in [-0.2, 0) is 20.9 Å². The standard InChI is InChI=1S/C28H27NO5/c30-21-14-20(29(16-21)28(32)34-17-19-8-2-1-3-9-19)15-27(31)33-18-26-24-12-6-4-10-22(24)23-11-5-7-13-25(23)26/h1-13,20-21,26,30H,14-18H2. The van der Waals surface area contributed by atoms with Crippen molar-refractivity contribution < 1.29 is 24.2 Å². The lowest BCUT2D eigenvalue weighted by Gasteiger charge is -2.23. The number of benzene rings is 3. The number of carbonyl (C=O) groups is 2. The van der Waals surface area contributed by atoms with Crippen molar-refractivity contribution in [2.24, 2.45) is 0 Å². The van der Waals surface area contributed by atoms with Gasteiger partial charge in [-0.15, -0.1) is 0 Å². The number of nitrogens with zero attached hydrogens (tertiary/aromatic N) is 1. The normalized spacial score (nSPS) is 18.9. The fraction of sp³-hybridized carbons (Fsp3) is 0.286. The molecule has 1 amide bonds. The van der Waals surface area contributed by atoms with Crippen LogP contribution in [-0.4, -0.2) is 47.4 Å². The van der Waals surface area contributed by atoms with Gasteiger partial charge in [-0.1, -0.05) is 78.9 Å². The van der Waals surface area contributed by atoms with Gasteiger partial charge in [0.1, 0.15) is 13.2 Å². The summed E-state index contributed by atoms with van der Waals surface area (Å²) in [7, 11) is 0. The maximum Gasteiger partial charge on any atom is 0.410 e. The monoisotopic (exact) mass is 457 g/mol. The molecule has 1 aliphatic heterocycles. The van der Waals surface area contributed by atoms with Crippen LogP contribution in [0.1, 0.15) is 35.4 Å². The number of β-amino-alcohol motifs (C(OH)–C–C–N with tert-alkyl or cyclic N) is 1. The minimum atomic E-state index is -0.685. The van der Waals surface area contributed by atoms with Crippen molar-refractivity contribution >= 4 is 12.1 Å². The van der Waals surface area contributed by atoms with E-state index in [2.05, 4.69) is 24.3 Å². The highest BCUT2D eigenvalue weighted by Crippen LogP contribution is 2.44. The fourth-order valence-electron chi connectivity index (χ4n) is 4.98. The van der Waals surface area contributed by atoms with Gasteiger partial charge in [0.2, 0.25) is 0 Å². The minimum Gasteiger partial charge on any atom is -0.465 e. The largest absolute Gasteiger partial charge is 0.465 e. The van der Waals surface area contributed by atoms with Gasteiger partial charge in [0.05, 0.1) is 19.1 Å². The number of amides is 1. The zero-order valence-corrected chi connectivity index (χ0v) is 18.8. The SMILES string of the molecule is O=C(CC1CC(O)CN1C(=O)OCc1ccccc1)OCC1c2ccccc2-c2ccccc21. The van der Waals surface area contributed by atoms with E-state index >= 15 is 0 Å². The zero-order valence-electron chi connectivity index (χ0n) is 18.8. The number of carbonyl (C=O) groups excluding carboxylic acids is 2. The first-order valence-corrected chi connectivity index (χ1v) is 11.6. The molecule has 2 unspecified atom stereocenters. The molecule has 3 aromatic carbocycles. The van der Waals surface area contributed by atoms with Gasteiger partial charge in [-0.3, -0.25) is 4.79 Å². The number of likely N-dealkylation sites (tertiary alicyclic amines) is 1. The lowest BCUT2D eigenvalue weighted by Crippen LogP contribution is -2.38. The van der Waals surface area contributed by atoms with E-state index in [-0.39, 0.29) is 38.1 Å². The van der Waals surface area contributed by atoms with Crippen LogP contribution in [0.4, 0.5) is 4.79 Å². The average Bonchev–Trinajstić information content (AvgIpc) is 3.39. The lowest BCUT2D eigenvalue weighted by atomic mass is 9.98. The molecule has 0 bridgehead atoms. The van der Waals surface area contributed by atoms with Crippen LogP contribution in [0.3, 0.4) is 0 Å². The summed E-state index contributed by atoms with van der Waals surface area (Å²) >= 11 is 0. The number of ether oxygens (including phenoxy) is 2. The highest BCUT2D eigenvalue weighted by molar-refractivity contribution is 5.79. The predicted molar refractivity (Wildman–Crippen MR) is 127 cm³/mol. The third-order valence-corrected chi connectivity index (χ3v) is 6.61. The Morgan fingerprint density at radius 1 is 0.853 bits per heavy atom. The van der Waals surface area contributed by atoms with Crippen molar-refractivity contribution in [1.29, 1.82) is 0 Å². The van der Waals surface area contributed by atoms with Crippen LogP contribution in [0, 0.1) is 0 Å². The smallest absolute Gasteiger partial charge is 0.410 e. The first kappa shape index (κ1) is 22.2. The number of hydrogen-bond acceptors (Lipinski definition) is 5. The molecule has 174 valence electrons. The lowest BCUT2D eigenvalue weighted by molar-refractivity contribution is -0.145. The maximum absolute atomic E-state index is 12.8. The van der Waals surface area contributed by atoms with Crippen LogP contribution >= 0.6 is 0 Å². The summed E-state index contributed by atoms with van der Waals surface area (Å²) in [5.41, 5.74) is 5.53. The molecule has 1 saturated heterocycles. The minimum absolute atomic E-state index is 0.0162. The first-order chi connectivity index (χ1) is 16.6. The number of esters is 1. The van der Waals surface area contributed by atoms with Crippen LogP contribution < -0.4 is 0 Å². The van der Waals surface area contributed by atoms with Crippen LogP contribution in [0.2, 0.25) is 0 Å². The number of aliphatic hydroxyl groups is 1. The third kappa shape index (κ3) is 4.54. The second-order valence-corrected chi connectivity index (χ2v) is 8.85.